The van der Waals surface area contributed by atoms with Gasteiger partial charge >= 0.3 is 0 Å². The predicted octanol–water partition coefficient (Wildman–Crippen LogP) is 3.86. The van der Waals surface area contributed by atoms with E-state index in [4.69, 9.17) is 0 Å². The van der Waals surface area contributed by atoms with Crippen LogP contribution in [0.15, 0.2) is 24.3 Å². The van der Waals surface area contributed by atoms with E-state index in [1.54, 1.807) is 11.3 Å². The normalized spacial score (nSPS) is 19.0. The topological polar surface area (TPSA) is 49.3 Å². The number of benzene rings is 1. The Hall–Kier alpha value is -1.95. The Morgan fingerprint density at radius 2 is 1.69 bits per heavy atom. The van der Waals surface area contributed by atoms with E-state index in [0.717, 1.165) is 36.9 Å². The van der Waals surface area contributed by atoms with Gasteiger partial charge in [0.2, 0.25) is 5.13 Å². The number of amides is 1. The van der Waals surface area contributed by atoms with Crippen LogP contribution in [0.2, 0.25) is 0 Å². The highest BCUT2D eigenvalue weighted by molar-refractivity contribution is 7.15. The largest absolute Gasteiger partial charge is 0.343 e. The number of carbonyl (C=O) groups excluding carboxylic acids is 1. The van der Waals surface area contributed by atoms with E-state index in [1.807, 2.05) is 36.1 Å². The smallest absolute Gasteiger partial charge is 0.253 e. The molecule has 1 saturated carbocycles. The molecule has 0 radical (unpaired) electrons. The fourth-order valence-electron chi connectivity index (χ4n) is 3.85. The van der Waals surface area contributed by atoms with Crippen LogP contribution < -0.4 is 4.90 Å². The van der Waals surface area contributed by atoms with E-state index in [2.05, 4.69) is 15.1 Å². The minimum atomic E-state index is 0.129. The lowest BCUT2D eigenvalue weighted by molar-refractivity contribution is 0.0746. The molecule has 1 amide bonds. The van der Waals surface area contributed by atoms with Crippen LogP contribution in [-0.4, -0.2) is 47.2 Å². The lowest BCUT2D eigenvalue weighted by atomic mass is 9.90. The van der Waals surface area contributed by atoms with Gasteiger partial charge in [0.05, 0.1) is 0 Å². The molecule has 26 heavy (non-hydrogen) atoms. The summed E-state index contributed by atoms with van der Waals surface area (Å²) in [5.41, 5.74) is 1.95. The number of hydrogen-bond donors (Lipinski definition) is 0. The van der Waals surface area contributed by atoms with Gasteiger partial charge in [-0.15, -0.1) is 10.2 Å². The van der Waals surface area contributed by atoms with Crippen molar-refractivity contribution in [2.75, 3.05) is 31.1 Å². The summed E-state index contributed by atoms with van der Waals surface area (Å²) in [4.78, 5) is 16.9. The molecule has 0 unspecified atom stereocenters. The zero-order chi connectivity index (χ0) is 17.9. The summed E-state index contributed by atoms with van der Waals surface area (Å²) in [6.45, 7) is 5.18. The highest BCUT2D eigenvalue weighted by atomic mass is 32.1. The maximum absolute atomic E-state index is 12.6. The summed E-state index contributed by atoms with van der Waals surface area (Å²) < 4.78 is 0. The Morgan fingerprint density at radius 1 is 1.00 bits per heavy atom. The van der Waals surface area contributed by atoms with Crippen molar-refractivity contribution >= 4 is 22.4 Å². The van der Waals surface area contributed by atoms with Gasteiger partial charge in [-0.1, -0.05) is 48.3 Å². The predicted molar refractivity (Wildman–Crippen MR) is 105 cm³/mol. The van der Waals surface area contributed by atoms with Gasteiger partial charge in [0.15, 0.2) is 0 Å². The molecule has 2 aliphatic rings. The van der Waals surface area contributed by atoms with Crippen LogP contribution in [0.25, 0.3) is 0 Å². The summed E-state index contributed by atoms with van der Waals surface area (Å²) >= 11 is 1.75. The molecule has 2 aromatic rings. The molecule has 1 aliphatic carbocycles. The van der Waals surface area contributed by atoms with E-state index in [9.17, 15) is 4.79 Å². The molecule has 1 aromatic carbocycles. The molecule has 0 atom stereocenters. The zero-order valence-electron chi connectivity index (χ0n) is 15.4. The molecule has 1 saturated heterocycles. The number of aromatic nitrogens is 2. The van der Waals surface area contributed by atoms with Crippen LogP contribution in [0, 0.1) is 6.92 Å². The quantitative estimate of drug-likeness (QED) is 0.823. The first-order valence-electron chi connectivity index (χ1n) is 9.65. The average molecular weight is 371 g/mol. The average Bonchev–Trinajstić information content (AvgIpc) is 3.19. The Morgan fingerprint density at radius 3 is 2.38 bits per heavy atom. The lowest BCUT2D eigenvalue weighted by Crippen LogP contribution is -2.48. The van der Waals surface area contributed by atoms with Gasteiger partial charge in [0, 0.05) is 37.7 Å². The van der Waals surface area contributed by atoms with Crippen LogP contribution in [0.4, 0.5) is 5.13 Å². The van der Waals surface area contributed by atoms with Gasteiger partial charge < -0.3 is 9.80 Å². The lowest BCUT2D eigenvalue weighted by Gasteiger charge is -2.34. The third kappa shape index (κ3) is 3.75. The number of nitrogens with zero attached hydrogens (tertiary/aromatic N) is 4. The Kier molecular flexibility index (Phi) is 5.20. The summed E-state index contributed by atoms with van der Waals surface area (Å²) in [5, 5.41) is 11.1. The maximum atomic E-state index is 12.6. The van der Waals surface area contributed by atoms with E-state index in [0.29, 0.717) is 5.92 Å². The molecule has 0 N–H and O–H groups in total. The van der Waals surface area contributed by atoms with Gasteiger partial charge in [-0.2, -0.15) is 0 Å². The fraction of sp³-hybridized carbons (Fsp3) is 0.550. The van der Waals surface area contributed by atoms with Gasteiger partial charge in [-0.05, 0) is 31.9 Å². The second kappa shape index (κ2) is 7.74. The maximum Gasteiger partial charge on any atom is 0.253 e. The number of rotatable bonds is 3. The molecule has 0 spiro atoms. The molecule has 1 aliphatic heterocycles. The minimum Gasteiger partial charge on any atom is -0.343 e. The van der Waals surface area contributed by atoms with Gasteiger partial charge in [0.25, 0.3) is 5.91 Å². The molecular weight excluding hydrogens is 344 g/mol. The monoisotopic (exact) mass is 370 g/mol. The molecule has 2 fully saturated rings. The van der Waals surface area contributed by atoms with Gasteiger partial charge in [0.1, 0.15) is 5.01 Å². The summed E-state index contributed by atoms with van der Waals surface area (Å²) in [6.07, 6.45) is 6.51. The molecule has 138 valence electrons. The molecular formula is C20H26N4OS. The number of anilines is 1. The summed E-state index contributed by atoms with van der Waals surface area (Å²) in [6, 6.07) is 7.84. The number of aryl methyl sites for hydroxylation is 1. The molecule has 6 heteroatoms. The summed E-state index contributed by atoms with van der Waals surface area (Å²) in [5.74, 6) is 0.740. The van der Waals surface area contributed by atoms with E-state index >= 15 is 0 Å². The van der Waals surface area contributed by atoms with Crippen LogP contribution in [0.3, 0.4) is 0 Å². The van der Waals surface area contributed by atoms with Crippen molar-refractivity contribution in [2.24, 2.45) is 0 Å². The van der Waals surface area contributed by atoms with Crippen LogP contribution >= 0.6 is 11.3 Å². The van der Waals surface area contributed by atoms with Gasteiger partial charge in [-0.3, -0.25) is 4.79 Å². The van der Waals surface area contributed by atoms with Gasteiger partial charge in [-0.25, -0.2) is 0 Å². The van der Waals surface area contributed by atoms with E-state index in [-0.39, 0.29) is 5.91 Å². The standard InChI is InChI=1S/C20H26N4OS/c1-15-7-9-17(10-8-15)19(25)23-11-13-24(14-12-23)20-22-21-18(26-20)16-5-3-2-4-6-16/h7-10,16H,2-6,11-14H2,1H3. The SMILES string of the molecule is Cc1ccc(C(=O)N2CCN(c3nnc(C4CCCCC4)s3)CC2)cc1. The number of carbonyl (C=O) groups is 1. The first-order chi connectivity index (χ1) is 12.7. The highest BCUT2D eigenvalue weighted by Gasteiger charge is 2.26. The minimum absolute atomic E-state index is 0.129. The third-order valence-electron chi connectivity index (χ3n) is 5.52. The molecule has 4 rings (SSSR count). The molecule has 5 nitrogen and oxygen atoms in total. The van der Waals surface area contributed by atoms with Crippen molar-refractivity contribution in [1.29, 1.82) is 0 Å². The van der Waals surface area contributed by atoms with Crippen molar-refractivity contribution in [1.82, 2.24) is 15.1 Å². The first-order valence-corrected chi connectivity index (χ1v) is 10.5. The highest BCUT2D eigenvalue weighted by Crippen LogP contribution is 2.36. The first kappa shape index (κ1) is 17.5. The van der Waals surface area contributed by atoms with Crippen molar-refractivity contribution in [3.05, 3.63) is 40.4 Å². The fourth-order valence-corrected chi connectivity index (χ4v) is 4.91. The van der Waals surface area contributed by atoms with Crippen molar-refractivity contribution in [3.63, 3.8) is 0 Å². The van der Waals surface area contributed by atoms with Crippen molar-refractivity contribution in [2.45, 2.75) is 44.9 Å². The zero-order valence-corrected chi connectivity index (χ0v) is 16.2. The Balaban J connectivity index is 1.35. The molecule has 0 bridgehead atoms. The molecule has 2 heterocycles. The van der Waals surface area contributed by atoms with Crippen LogP contribution in [0.5, 0.6) is 0 Å². The molecule has 1 aromatic heterocycles. The summed E-state index contributed by atoms with van der Waals surface area (Å²) in [7, 11) is 0. The second-order valence-corrected chi connectivity index (χ2v) is 8.39. The van der Waals surface area contributed by atoms with E-state index < -0.39 is 0 Å². The van der Waals surface area contributed by atoms with Crippen LogP contribution in [0.1, 0.15) is 59.0 Å². The van der Waals surface area contributed by atoms with Crippen molar-refractivity contribution < 1.29 is 4.79 Å². The second-order valence-electron chi connectivity index (χ2n) is 7.40. The third-order valence-corrected chi connectivity index (χ3v) is 6.67. The number of piperazine rings is 1. The Bertz CT molecular complexity index is 743. The number of hydrogen-bond acceptors (Lipinski definition) is 5. The Labute approximate surface area is 159 Å². The van der Waals surface area contributed by atoms with E-state index in [1.165, 1.54) is 42.7 Å². The van der Waals surface area contributed by atoms with Crippen molar-refractivity contribution in [3.8, 4) is 0 Å². The van der Waals surface area contributed by atoms with Crippen LogP contribution in [-0.2, 0) is 0 Å².